The summed E-state index contributed by atoms with van der Waals surface area (Å²) >= 11 is 0. The minimum Gasteiger partial charge on any atom is -0.481 e. The van der Waals surface area contributed by atoms with Crippen LogP contribution < -0.4 is 10.6 Å². The molecule has 0 bridgehead atoms. The van der Waals surface area contributed by atoms with E-state index in [4.69, 9.17) is 4.74 Å². The first-order valence-electron chi connectivity index (χ1n) is 12.1. The van der Waals surface area contributed by atoms with Crippen LogP contribution in [0.25, 0.3) is 11.1 Å². The van der Waals surface area contributed by atoms with Gasteiger partial charge in [-0.3, -0.25) is 9.59 Å². The maximum atomic E-state index is 12.9. The minimum absolute atomic E-state index is 0.0608. The number of carboxylic acid groups (broad SMARTS) is 1. The summed E-state index contributed by atoms with van der Waals surface area (Å²) in [6.45, 7) is 1.97. The van der Waals surface area contributed by atoms with Crippen molar-refractivity contribution < 1.29 is 24.2 Å². The first-order valence-corrected chi connectivity index (χ1v) is 12.1. The van der Waals surface area contributed by atoms with Crippen molar-refractivity contribution >= 4 is 18.0 Å². The number of fused-ring (bicyclic) bond motifs is 3. The lowest BCUT2D eigenvalue weighted by Gasteiger charge is -2.25. The Morgan fingerprint density at radius 2 is 1.59 bits per heavy atom. The number of carbonyl (C=O) groups is 3. The lowest BCUT2D eigenvalue weighted by Crippen LogP contribution is -2.52. The Balaban J connectivity index is 1.36. The molecule has 2 aliphatic carbocycles. The van der Waals surface area contributed by atoms with Gasteiger partial charge in [-0.2, -0.15) is 0 Å². The molecule has 34 heavy (non-hydrogen) atoms. The Labute approximate surface area is 199 Å². The van der Waals surface area contributed by atoms with Crippen LogP contribution in [0.1, 0.15) is 62.5 Å². The van der Waals surface area contributed by atoms with Crippen LogP contribution in [0, 0.1) is 5.92 Å². The summed E-state index contributed by atoms with van der Waals surface area (Å²) < 4.78 is 5.57. The van der Waals surface area contributed by atoms with Crippen molar-refractivity contribution in [3.05, 3.63) is 59.7 Å². The van der Waals surface area contributed by atoms with E-state index in [2.05, 4.69) is 34.9 Å². The van der Waals surface area contributed by atoms with E-state index in [-0.39, 0.29) is 18.4 Å². The minimum atomic E-state index is -0.884. The van der Waals surface area contributed by atoms with Crippen LogP contribution in [-0.4, -0.2) is 41.8 Å². The van der Waals surface area contributed by atoms with Gasteiger partial charge in [0, 0.05) is 12.0 Å². The Hall–Kier alpha value is -3.35. The number of alkyl carbamates (subject to hydrolysis) is 1. The van der Waals surface area contributed by atoms with E-state index >= 15 is 0 Å². The Morgan fingerprint density at radius 1 is 0.971 bits per heavy atom. The zero-order valence-corrected chi connectivity index (χ0v) is 19.5. The highest BCUT2D eigenvalue weighted by molar-refractivity contribution is 5.86. The highest BCUT2D eigenvalue weighted by atomic mass is 16.5. The molecule has 180 valence electrons. The van der Waals surface area contributed by atoms with Crippen LogP contribution in [0.4, 0.5) is 4.79 Å². The second kappa shape index (κ2) is 10.7. The van der Waals surface area contributed by atoms with Crippen LogP contribution in [0.3, 0.4) is 0 Å². The molecule has 2 aromatic rings. The number of carboxylic acids is 1. The van der Waals surface area contributed by atoms with Gasteiger partial charge in [0.2, 0.25) is 5.91 Å². The van der Waals surface area contributed by atoms with Gasteiger partial charge < -0.3 is 20.5 Å². The molecule has 2 amide bonds. The first kappa shape index (κ1) is 23.8. The van der Waals surface area contributed by atoms with E-state index in [1.807, 2.05) is 24.3 Å². The molecular formula is C27H32N2O5. The molecule has 0 radical (unpaired) electrons. The molecule has 4 rings (SSSR count). The fraction of sp³-hybridized carbons (Fsp3) is 0.444. The molecule has 0 saturated heterocycles. The van der Waals surface area contributed by atoms with Crippen LogP contribution in [-0.2, 0) is 14.3 Å². The summed E-state index contributed by atoms with van der Waals surface area (Å²) in [6.07, 6.45) is 3.59. The SMILES string of the molecule is CC[C@H](NC(=O)OCC1c2ccccc2-c2ccccc21)C(=O)N[C@@H]1CCCCC[C@@H]1C(=O)O. The predicted molar refractivity (Wildman–Crippen MR) is 128 cm³/mol. The normalized spacial score (nSPS) is 20.4. The highest BCUT2D eigenvalue weighted by Gasteiger charge is 2.33. The number of nitrogens with one attached hydrogen (secondary N) is 2. The van der Waals surface area contributed by atoms with E-state index in [1.54, 1.807) is 6.92 Å². The van der Waals surface area contributed by atoms with Crippen molar-refractivity contribution in [3.63, 3.8) is 0 Å². The van der Waals surface area contributed by atoms with Gasteiger partial charge >= 0.3 is 12.1 Å². The fourth-order valence-electron chi connectivity index (χ4n) is 5.19. The Bertz CT molecular complexity index is 1010. The second-order valence-corrected chi connectivity index (χ2v) is 9.13. The van der Waals surface area contributed by atoms with E-state index in [0.29, 0.717) is 19.3 Å². The summed E-state index contributed by atoms with van der Waals surface area (Å²) in [5, 5.41) is 15.1. The maximum Gasteiger partial charge on any atom is 0.407 e. The van der Waals surface area contributed by atoms with E-state index in [0.717, 1.165) is 41.5 Å². The molecule has 0 aromatic heterocycles. The predicted octanol–water partition coefficient (Wildman–Crippen LogP) is 4.45. The third-order valence-corrected chi connectivity index (χ3v) is 7.02. The van der Waals surface area contributed by atoms with Crippen molar-refractivity contribution in [2.45, 2.75) is 63.5 Å². The molecule has 2 aromatic carbocycles. The van der Waals surface area contributed by atoms with Gasteiger partial charge in [0.05, 0.1) is 5.92 Å². The number of rotatable bonds is 7. The number of aliphatic carboxylic acids is 1. The Morgan fingerprint density at radius 3 is 2.21 bits per heavy atom. The van der Waals surface area contributed by atoms with Crippen molar-refractivity contribution in [2.24, 2.45) is 5.92 Å². The van der Waals surface area contributed by atoms with Gasteiger partial charge in [-0.1, -0.05) is 74.7 Å². The zero-order valence-electron chi connectivity index (χ0n) is 19.5. The molecule has 0 spiro atoms. The smallest absolute Gasteiger partial charge is 0.407 e. The van der Waals surface area contributed by atoms with Gasteiger partial charge in [0.25, 0.3) is 0 Å². The largest absolute Gasteiger partial charge is 0.481 e. The topological polar surface area (TPSA) is 105 Å². The summed E-state index contributed by atoms with van der Waals surface area (Å²) in [5.41, 5.74) is 4.53. The van der Waals surface area contributed by atoms with Gasteiger partial charge in [-0.15, -0.1) is 0 Å². The summed E-state index contributed by atoms with van der Waals surface area (Å²) in [7, 11) is 0. The van der Waals surface area contributed by atoms with Crippen LogP contribution in [0.15, 0.2) is 48.5 Å². The standard InChI is InChI=1S/C27H32N2O5/c1-2-23(25(30)28-24-15-5-3-4-14-21(24)26(31)32)29-27(33)34-16-22-19-12-8-6-10-17(19)18-11-7-9-13-20(18)22/h6-13,21-24H,2-5,14-16H2,1H3,(H,28,30)(H,29,33)(H,31,32)/t21-,23-,24+/m0/s1. The average molecular weight is 465 g/mol. The molecule has 3 N–H and O–H groups in total. The quantitative estimate of drug-likeness (QED) is 0.525. The molecule has 0 aliphatic heterocycles. The highest BCUT2D eigenvalue weighted by Crippen LogP contribution is 2.44. The molecule has 2 aliphatic rings. The van der Waals surface area contributed by atoms with Crippen molar-refractivity contribution in [2.75, 3.05) is 6.61 Å². The summed E-state index contributed by atoms with van der Waals surface area (Å²) in [4.78, 5) is 37.1. The molecule has 1 saturated carbocycles. The number of carbonyl (C=O) groups excluding carboxylic acids is 2. The molecule has 3 atom stereocenters. The third-order valence-electron chi connectivity index (χ3n) is 7.02. The van der Waals surface area contributed by atoms with Crippen LogP contribution in [0.2, 0.25) is 0 Å². The molecule has 0 heterocycles. The van der Waals surface area contributed by atoms with Gasteiger partial charge in [-0.25, -0.2) is 4.79 Å². The van der Waals surface area contributed by atoms with Crippen molar-refractivity contribution in [1.82, 2.24) is 10.6 Å². The number of ether oxygens (including phenoxy) is 1. The lowest BCUT2D eigenvalue weighted by atomic mass is 9.94. The van der Waals surface area contributed by atoms with Crippen LogP contribution >= 0.6 is 0 Å². The first-order chi connectivity index (χ1) is 16.5. The molecule has 7 heteroatoms. The maximum absolute atomic E-state index is 12.9. The Kier molecular flexibility index (Phi) is 7.50. The number of hydrogen-bond donors (Lipinski definition) is 3. The number of amides is 2. The van der Waals surface area contributed by atoms with E-state index < -0.39 is 30.1 Å². The van der Waals surface area contributed by atoms with Crippen LogP contribution in [0.5, 0.6) is 0 Å². The third kappa shape index (κ3) is 5.08. The number of benzene rings is 2. The molecule has 0 unspecified atom stereocenters. The summed E-state index contributed by atoms with van der Waals surface area (Å²) in [5.74, 6) is -1.91. The summed E-state index contributed by atoms with van der Waals surface area (Å²) in [6, 6.07) is 15.0. The average Bonchev–Trinajstić information content (AvgIpc) is 2.97. The van der Waals surface area contributed by atoms with Gasteiger partial charge in [0.1, 0.15) is 12.6 Å². The van der Waals surface area contributed by atoms with Crippen molar-refractivity contribution in [3.8, 4) is 11.1 Å². The zero-order chi connectivity index (χ0) is 24.1. The van der Waals surface area contributed by atoms with E-state index in [9.17, 15) is 19.5 Å². The monoisotopic (exact) mass is 464 g/mol. The van der Waals surface area contributed by atoms with Gasteiger partial charge in [-0.05, 0) is 41.5 Å². The molecule has 1 fully saturated rings. The molecular weight excluding hydrogens is 432 g/mol. The van der Waals surface area contributed by atoms with Crippen molar-refractivity contribution in [1.29, 1.82) is 0 Å². The number of hydrogen-bond acceptors (Lipinski definition) is 4. The van der Waals surface area contributed by atoms with Gasteiger partial charge in [0.15, 0.2) is 0 Å². The molecule has 7 nitrogen and oxygen atoms in total. The second-order valence-electron chi connectivity index (χ2n) is 9.13. The van der Waals surface area contributed by atoms with E-state index in [1.165, 1.54) is 0 Å². The fourth-order valence-corrected chi connectivity index (χ4v) is 5.19. The lowest BCUT2D eigenvalue weighted by molar-refractivity contribution is -0.143.